The summed E-state index contributed by atoms with van der Waals surface area (Å²) in [6, 6.07) is 16.2. The van der Waals surface area contributed by atoms with E-state index in [4.69, 9.17) is 4.74 Å². The van der Waals surface area contributed by atoms with Crippen molar-refractivity contribution in [1.29, 1.82) is 0 Å². The molecule has 2 aliphatic rings. The number of amides is 1. The van der Waals surface area contributed by atoms with Crippen molar-refractivity contribution in [1.82, 2.24) is 15.5 Å². The van der Waals surface area contributed by atoms with Crippen molar-refractivity contribution in [2.45, 2.75) is 57.7 Å². The van der Waals surface area contributed by atoms with Crippen molar-refractivity contribution in [3.63, 3.8) is 0 Å². The molecule has 1 atom stereocenters. The van der Waals surface area contributed by atoms with Crippen LogP contribution in [0.4, 0.5) is 0 Å². The van der Waals surface area contributed by atoms with Gasteiger partial charge in [-0.3, -0.25) is 9.79 Å². The number of carbonyl (C=O) groups excluding carboxylic acids is 1. The third-order valence-corrected chi connectivity index (χ3v) is 6.19. The highest BCUT2D eigenvalue weighted by Crippen LogP contribution is 2.39. The van der Waals surface area contributed by atoms with E-state index >= 15 is 0 Å². The van der Waals surface area contributed by atoms with Gasteiger partial charge in [-0.2, -0.15) is 0 Å². The Morgan fingerprint density at radius 1 is 1.12 bits per heavy atom. The lowest BCUT2D eigenvalue weighted by Gasteiger charge is -2.38. The van der Waals surface area contributed by atoms with Crippen LogP contribution in [-0.4, -0.2) is 42.5 Å². The van der Waals surface area contributed by atoms with Gasteiger partial charge >= 0.3 is 0 Å². The van der Waals surface area contributed by atoms with E-state index in [1.165, 1.54) is 6.42 Å². The lowest BCUT2D eigenvalue weighted by atomic mass is 9.90. The standard InChI is InChI=1S/C26H34N4O2/c1-26(2)17-22(21-12-5-6-13-23(21)32-26)29-25(27-3)28-18-19-10-9-11-20(16-19)24(31)30-14-7-4-8-15-30/h5-6,9-13,16,22H,4,7-8,14-15,17-18H2,1-3H3,(H2,27,28,29). The van der Waals surface area contributed by atoms with Crippen LogP contribution < -0.4 is 15.4 Å². The SMILES string of the molecule is CN=C(NCc1cccc(C(=O)N2CCCCC2)c1)NC1CC(C)(C)Oc2ccccc21. The zero-order valence-corrected chi connectivity index (χ0v) is 19.4. The lowest BCUT2D eigenvalue weighted by Crippen LogP contribution is -2.45. The highest BCUT2D eigenvalue weighted by Gasteiger charge is 2.34. The number of nitrogens with one attached hydrogen (secondary N) is 2. The minimum atomic E-state index is -0.256. The molecule has 2 heterocycles. The van der Waals surface area contributed by atoms with Gasteiger partial charge in [-0.25, -0.2) is 0 Å². The summed E-state index contributed by atoms with van der Waals surface area (Å²) < 4.78 is 6.14. The van der Waals surface area contributed by atoms with Gasteiger partial charge in [-0.1, -0.05) is 30.3 Å². The molecule has 0 saturated carbocycles. The van der Waals surface area contributed by atoms with Crippen LogP contribution in [0.1, 0.15) is 67.1 Å². The summed E-state index contributed by atoms with van der Waals surface area (Å²) in [5.74, 6) is 1.78. The molecule has 0 radical (unpaired) electrons. The topological polar surface area (TPSA) is 66.0 Å². The summed E-state index contributed by atoms with van der Waals surface area (Å²) in [6.45, 7) is 6.54. The van der Waals surface area contributed by atoms with Crippen LogP contribution in [0.25, 0.3) is 0 Å². The average molecular weight is 435 g/mol. The largest absolute Gasteiger partial charge is 0.487 e. The average Bonchev–Trinajstić information content (AvgIpc) is 2.81. The number of rotatable bonds is 4. The van der Waals surface area contributed by atoms with E-state index in [0.29, 0.717) is 6.54 Å². The van der Waals surface area contributed by atoms with E-state index in [9.17, 15) is 4.79 Å². The Morgan fingerprint density at radius 2 is 1.91 bits per heavy atom. The molecular weight excluding hydrogens is 400 g/mol. The number of fused-ring (bicyclic) bond motifs is 1. The van der Waals surface area contributed by atoms with Gasteiger partial charge < -0.3 is 20.3 Å². The van der Waals surface area contributed by atoms with Gasteiger partial charge in [0.15, 0.2) is 5.96 Å². The molecule has 0 bridgehead atoms. The van der Waals surface area contributed by atoms with Crippen LogP contribution in [-0.2, 0) is 6.54 Å². The predicted molar refractivity (Wildman–Crippen MR) is 128 cm³/mol. The quantitative estimate of drug-likeness (QED) is 0.557. The highest BCUT2D eigenvalue weighted by atomic mass is 16.5. The van der Waals surface area contributed by atoms with Crippen molar-refractivity contribution in [3.8, 4) is 5.75 Å². The van der Waals surface area contributed by atoms with Gasteiger partial charge in [0.1, 0.15) is 11.4 Å². The lowest BCUT2D eigenvalue weighted by molar-refractivity contribution is 0.0693. The molecule has 0 aliphatic carbocycles. The molecule has 0 aromatic heterocycles. The molecule has 2 aromatic rings. The Hall–Kier alpha value is -3.02. The number of guanidine groups is 1. The van der Waals surface area contributed by atoms with E-state index in [-0.39, 0.29) is 17.6 Å². The normalized spacial score (nSPS) is 20.2. The van der Waals surface area contributed by atoms with E-state index in [2.05, 4.69) is 35.5 Å². The second-order valence-corrected chi connectivity index (χ2v) is 9.28. The number of likely N-dealkylation sites (tertiary alicyclic amines) is 1. The van der Waals surface area contributed by atoms with Crippen LogP contribution in [0.15, 0.2) is 53.5 Å². The predicted octanol–water partition coefficient (Wildman–Crippen LogP) is 4.28. The Balaban J connectivity index is 1.41. The van der Waals surface area contributed by atoms with Crippen molar-refractivity contribution >= 4 is 11.9 Å². The van der Waals surface area contributed by atoms with Crippen molar-refractivity contribution < 1.29 is 9.53 Å². The molecule has 1 unspecified atom stereocenters. The molecule has 4 rings (SSSR count). The van der Waals surface area contributed by atoms with Crippen LogP contribution in [0.3, 0.4) is 0 Å². The van der Waals surface area contributed by atoms with E-state index in [0.717, 1.165) is 60.8 Å². The zero-order chi connectivity index (χ0) is 22.6. The molecule has 32 heavy (non-hydrogen) atoms. The fourth-order valence-electron chi connectivity index (χ4n) is 4.57. The minimum absolute atomic E-state index is 0.105. The molecular formula is C26H34N4O2. The molecule has 170 valence electrons. The van der Waals surface area contributed by atoms with E-state index < -0.39 is 0 Å². The minimum Gasteiger partial charge on any atom is -0.487 e. The Kier molecular flexibility index (Phi) is 6.68. The molecule has 1 saturated heterocycles. The molecule has 2 aliphatic heterocycles. The maximum Gasteiger partial charge on any atom is 0.253 e. The number of piperidine rings is 1. The molecule has 2 N–H and O–H groups in total. The fourth-order valence-corrected chi connectivity index (χ4v) is 4.57. The smallest absolute Gasteiger partial charge is 0.253 e. The molecule has 0 spiro atoms. The summed E-state index contributed by atoms with van der Waals surface area (Å²) >= 11 is 0. The molecule has 1 amide bonds. The Labute approximate surface area is 191 Å². The van der Waals surface area contributed by atoms with Gasteiger partial charge in [0.05, 0.1) is 6.04 Å². The molecule has 1 fully saturated rings. The Morgan fingerprint density at radius 3 is 2.69 bits per heavy atom. The summed E-state index contributed by atoms with van der Waals surface area (Å²) in [7, 11) is 1.78. The third kappa shape index (κ3) is 5.23. The number of carbonyl (C=O) groups is 1. The van der Waals surface area contributed by atoms with Gasteiger partial charge in [-0.05, 0) is 56.9 Å². The van der Waals surface area contributed by atoms with Gasteiger partial charge in [0.25, 0.3) is 5.91 Å². The maximum atomic E-state index is 12.8. The number of para-hydroxylation sites is 1. The van der Waals surface area contributed by atoms with Crippen LogP contribution in [0.2, 0.25) is 0 Å². The monoisotopic (exact) mass is 434 g/mol. The summed E-state index contributed by atoms with van der Waals surface area (Å²) in [5, 5.41) is 6.97. The summed E-state index contributed by atoms with van der Waals surface area (Å²) in [6.07, 6.45) is 4.25. The van der Waals surface area contributed by atoms with Crippen molar-refractivity contribution in [3.05, 3.63) is 65.2 Å². The first kappa shape index (κ1) is 22.2. The number of aliphatic imine (C=N–C) groups is 1. The summed E-state index contributed by atoms with van der Waals surface area (Å²) in [5.41, 5.74) is 2.70. The number of ether oxygens (including phenoxy) is 1. The Bertz CT molecular complexity index is 979. The first-order chi connectivity index (χ1) is 15.4. The molecule has 2 aromatic carbocycles. The zero-order valence-electron chi connectivity index (χ0n) is 19.4. The van der Waals surface area contributed by atoms with E-state index in [1.54, 1.807) is 7.05 Å². The van der Waals surface area contributed by atoms with Crippen LogP contribution >= 0.6 is 0 Å². The van der Waals surface area contributed by atoms with Gasteiger partial charge in [-0.15, -0.1) is 0 Å². The number of hydrogen-bond acceptors (Lipinski definition) is 3. The molecule has 6 heteroatoms. The van der Waals surface area contributed by atoms with Gasteiger partial charge in [0.2, 0.25) is 0 Å². The maximum absolute atomic E-state index is 12.8. The van der Waals surface area contributed by atoms with Gasteiger partial charge in [0, 0.05) is 44.2 Å². The van der Waals surface area contributed by atoms with Crippen molar-refractivity contribution in [2.24, 2.45) is 4.99 Å². The third-order valence-electron chi connectivity index (χ3n) is 6.19. The summed E-state index contributed by atoms with van der Waals surface area (Å²) in [4.78, 5) is 19.2. The second kappa shape index (κ2) is 9.63. The number of hydrogen-bond donors (Lipinski definition) is 2. The van der Waals surface area contributed by atoms with E-state index in [1.807, 2.05) is 47.4 Å². The number of nitrogens with zero attached hydrogens (tertiary/aromatic N) is 2. The van der Waals surface area contributed by atoms with Crippen molar-refractivity contribution in [2.75, 3.05) is 20.1 Å². The fraction of sp³-hybridized carbons (Fsp3) is 0.462. The van der Waals surface area contributed by atoms with Crippen LogP contribution in [0.5, 0.6) is 5.75 Å². The first-order valence-corrected chi connectivity index (χ1v) is 11.6. The van der Waals surface area contributed by atoms with Crippen LogP contribution in [0, 0.1) is 0 Å². The second-order valence-electron chi connectivity index (χ2n) is 9.28. The number of benzene rings is 2. The first-order valence-electron chi connectivity index (χ1n) is 11.6. The molecule has 6 nitrogen and oxygen atoms in total. The highest BCUT2D eigenvalue weighted by molar-refractivity contribution is 5.94.